The Labute approximate surface area is 455 Å². The van der Waals surface area contributed by atoms with Crippen molar-refractivity contribution in [2.24, 2.45) is 0 Å². The zero-order valence-corrected chi connectivity index (χ0v) is 49.4. The lowest BCUT2D eigenvalue weighted by Crippen LogP contribution is -2.30. The Morgan fingerprint density at radius 1 is 0.274 bits per heavy atom. The minimum absolute atomic E-state index is 0.0665. The van der Waals surface area contributed by atoms with Crippen LogP contribution in [-0.4, -0.2) is 37.2 Å². The van der Waals surface area contributed by atoms with Crippen LogP contribution in [0.4, 0.5) is 0 Å². The second-order valence-electron chi connectivity index (χ2n) is 22.4. The molecule has 0 aliphatic heterocycles. The molecular formula is C67H126O6. The van der Waals surface area contributed by atoms with Gasteiger partial charge in [0.2, 0.25) is 0 Å². The fourth-order valence-corrected chi connectivity index (χ4v) is 10.0. The van der Waals surface area contributed by atoms with Gasteiger partial charge in [-0.1, -0.05) is 321 Å². The second kappa shape index (κ2) is 62.4. The lowest BCUT2D eigenvalue weighted by Gasteiger charge is -2.18. The predicted molar refractivity (Wildman–Crippen MR) is 316 cm³/mol. The number of ether oxygens (including phenoxy) is 3. The minimum Gasteiger partial charge on any atom is -0.462 e. The Hall–Kier alpha value is -2.11. The van der Waals surface area contributed by atoms with Gasteiger partial charge in [-0.2, -0.15) is 0 Å². The van der Waals surface area contributed by atoms with Crippen molar-refractivity contribution in [3.8, 4) is 0 Å². The van der Waals surface area contributed by atoms with Crippen LogP contribution in [0.15, 0.2) is 24.3 Å². The number of rotatable bonds is 61. The molecule has 0 heterocycles. The minimum atomic E-state index is -0.770. The summed E-state index contributed by atoms with van der Waals surface area (Å²) in [5.41, 5.74) is 0. The quantitative estimate of drug-likeness (QED) is 0.0261. The highest BCUT2D eigenvalue weighted by Gasteiger charge is 2.19. The number of allylic oxidation sites excluding steroid dienone is 4. The van der Waals surface area contributed by atoms with E-state index in [1.54, 1.807) is 0 Å². The number of esters is 3. The lowest BCUT2D eigenvalue weighted by molar-refractivity contribution is -0.167. The highest BCUT2D eigenvalue weighted by atomic mass is 16.6. The third-order valence-electron chi connectivity index (χ3n) is 15.0. The zero-order chi connectivity index (χ0) is 52.9. The molecule has 6 nitrogen and oxygen atoms in total. The molecule has 0 radical (unpaired) electrons. The molecule has 0 aromatic rings. The van der Waals surface area contributed by atoms with E-state index in [9.17, 15) is 14.4 Å². The molecule has 0 spiro atoms. The van der Waals surface area contributed by atoms with E-state index in [1.165, 1.54) is 263 Å². The van der Waals surface area contributed by atoms with E-state index in [4.69, 9.17) is 14.2 Å². The van der Waals surface area contributed by atoms with Gasteiger partial charge in [-0.3, -0.25) is 14.4 Å². The first-order valence-corrected chi connectivity index (χ1v) is 32.8. The van der Waals surface area contributed by atoms with Gasteiger partial charge in [0.05, 0.1) is 0 Å². The summed E-state index contributed by atoms with van der Waals surface area (Å²) in [6.45, 7) is 6.69. The van der Waals surface area contributed by atoms with E-state index in [0.29, 0.717) is 19.3 Å². The largest absolute Gasteiger partial charge is 0.462 e. The van der Waals surface area contributed by atoms with Gasteiger partial charge in [0.1, 0.15) is 13.2 Å². The summed E-state index contributed by atoms with van der Waals surface area (Å²) in [4.78, 5) is 38.4. The molecule has 0 aliphatic rings. The molecule has 0 amide bonds. The summed E-state index contributed by atoms with van der Waals surface area (Å²) in [7, 11) is 0. The molecule has 1 atom stereocenters. The summed E-state index contributed by atoms with van der Waals surface area (Å²) >= 11 is 0. The maximum Gasteiger partial charge on any atom is 0.306 e. The van der Waals surface area contributed by atoms with Crippen LogP contribution in [0, 0.1) is 0 Å². The van der Waals surface area contributed by atoms with Gasteiger partial charge in [-0.05, 0) is 51.4 Å². The molecule has 0 bridgehead atoms. The smallest absolute Gasteiger partial charge is 0.306 e. The maximum absolute atomic E-state index is 12.9. The van der Waals surface area contributed by atoms with Crippen LogP contribution >= 0.6 is 0 Å². The molecule has 0 N–H and O–H groups in total. The van der Waals surface area contributed by atoms with Crippen LogP contribution in [0.3, 0.4) is 0 Å². The molecule has 0 saturated heterocycles. The summed E-state index contributed by atoms with van der Waals surface area (Å²) in [6.07, 6.45) is 74.7. The van der Waals surface area contributed by atoms with Gasteiger partial charge in [0.25, 0.3) is 0 Å². The first-order valence-electron chi connectivity index (χ1n) is 32.8. The van der Waals surface area contributed by atoms with Crippen molar-refractivity contribution in [3.05, 3.63) is 24.3 Å². The van der Waals surface area contributed by atoms with Crippen LogP contribution < -0.4 is 0 Å². The monoisotopic (exact) mass is 1030 g/mol. The zero-order valence-electron chi connectivity index (χ0n) is 49.4. The summed E-state index contributed by atoms with van der Waals surface area (Å²) < 4.78 is 17.0. The molecule has 0 aromatic carbocycles. The molecular weight excluding hydrogens is 901 g/mol. The van der Waals surface area contributed by atoms with Crippen molar-refractivity contribution < 1.29 is 28.6 Å². The molecule has 0 aromatic heterocycles. The van der Waals surface area contributed by atoms with Crippen molar-refractivity contribution in [1.29, 1.82) is 0 Å². The normalized spacial score (nSPS) is 12.1. The Kier molecular flexibility index (Phi) is 60.6. The average molecular weight is 1030 g/mol. The Bertz CT molecular complexity index is 1180. The molecule has 1 unspecified atom stereocenters. The van der Waals surface area contributed by atoms with Crippen molar-refractivity contribution >= 4 is 17.9 Å². The maximum atomic E-state index is 12.9. The van der Waals surface area contributed by atoms with Crippen LogP contribution in [0.2, 0.25) is 0 Å². The molecule has 73 heavy (non-hydrogen) atoms. The number of carbonyl (C=O) groups is 3. The van der Waals surface area contributed by atoms with Crippen LogP contribution in [0.1, 0.15) is 367 Å². The molecule has 0 fully saturated rings. The SMILES string of the molecule is CCCCC/C=C\C/C=C\CCCCCCCCCCCC(=O)OC(COC(=O)CCCCCCCCCCCCCCCCCC)COC(=O)CCCCCCCCCCCCCCCCCCCCCC. The van der Waals surface area contributed by atoms with Gasteiger partial charge in [-0.15, -0.1) is 0 Å². The fourth-order valence-electron chi connectivity index (χ4n) is 10.0. The van der Waals surface area contributed by atoms with Gasteiger partial charge in [0.15, 0.2) is 6.10 Å². The van der Waals surface area contributed by atoms with Crippen molar-refractivity contribution in [1.82, 2.24) is 0 Å². The Balaban J connectivity index is 4.30. The van der Waals surface area contributed by atoms with Crippen molar-refractivity contribution in [3.63, 3.8) is 0 Å². The third kappa shape index (κ3) is 60.6. The third-order valence-corrected chi connectivity index (χ3v) is 15.0. The summed E-state index contributed by atoms with van der Waals surface area (Å²) in [5.74, 6) is -0.840. The van der Waals surface area contributed by atoms with Crippen molar-refractivity contribution in [2.45, 2.75) is 374 Å². The molecule has 6 heteroatoms. The summed E-state index contributed by atoms with van der Waals surface area (Å²) in [6, 6.07) is 0. The van der Waals surface area contributed by atoms with E-state index >= 15 is 0 Å². The van der Waals surface area contributed by atoms with Crippen LogP contribution in [0.25, 0.3) is 0 Å². The van der Waals surface area contributed by atoms with E-state index in [0.717, 1.165) is 64.2 Å². The summed E-state index contributed by atoms with van der Waals surface area (Å²) in [5, 5.41) is 0. The molecule has 0 saturated carbocycles. The predicted octanol–water partition coefficient (Wildman–Crippen LogP) is 22.2. The number of carbonyl (C=O) groups excluding carboxylic acids is 3. The topological polar surface area (TPSA) is 78.9 Å². The highest BCUT2D eigenvalue weighted by molar-refractivity contribution is 5.71. The van der Waals surface area contributed by atoms with E-state index in [-0.39, 0.29) is 31.1 Å². The van der Waals surface area contributed by atoms with Crippen LogP contribution in [0.5, 0.6) is 0 Å². The second-order valence-corrected chi connectivity index (χ2v) is 22.4. The van der Waals surface area contributed by atoms with Gasteiger partial charge < -0.3 is 14.2 Å². The number of hydrogen-bond acceptors (Lipinski definition) is 6. The van der Waals surface area contributed by atoms with E-state index in [1.807, 2.05) is 0 Å². The van der Waals surface area contributed by atoms with Gasteiger partial charge in [0, 0.05) is 19.3 Å². The first kappa shape index (κ1) is 70.9. The Morgan fingerprint density at radius 3 is 0.781 bits per heavy atom. The Morgan fingerprint density at radius 2 is 0.493 bits per heavy atom. The first-order chi connectivity index (χ1) is 36.0. The molecule has 430 valence electrons. The lowest BCUT2D eigenvalue weighted by atomic mass is 10.0. The number of unbranched alkanes of at least 4 members (excludes halogenated alkanes) is 46. The molecule has 0 rings (SSSR count). The number of hydrogen-bond donors (Lipinski definition) is 0. The molecule has 0 aliphatic carbocycles. The standard InChI is InChI=1S/C67H126O6/c1-4-7-10-13-16-19-22-25-28-31-33-35-36-39-42-45-48-51-54-57-60-66(69)72-63-64(62-71-65(68)59-56-53-50-47-44-41-38-30-27-24-21-18-15-12-9-6-3)73-67(70)61-58-55-52-49-46-43-40-37-34-32-29-26-23-20-17-14-11-8-5-2/h17,20,26,29,64H,4-16,18-19,21-25,27-28,30-63H2,1-3H3/b20-17-,29-26-. The van der Waals surface area contributed by atoms with Gasteiger partial charge >= 0.3 is 17.9 Å². The fraction of sp³-hybridized carbons (Fsp3) is 0.896. The van der Waals surface area contributed by atoms with Gasteiger partial charge in [-0.25, -0.2) is 0 Å². The van der Waals surface area contributed by atoms with Crippen LogP contribution in [-0.2, 0) is 28.6 Å². The highest BCUT2D eigenvalue weighted by Crippen LogP contribution is 2.18. The average Bonchev–Trinajstić information content (AvgIpc) is 3.39. The van der Waals surface area contributed by atoms with E-state index < -0.39 is 6.10 Å². The van der Waals surface area contributed by atoms with E-state index in [2.05, 4.69) is 45.1 Å². The van der Waals surface area contributed by atoms with Crippen molar-refractivity contribution in [2.75, 3.05) is 13.2 Å².